The van der Waals surface area contributed by atoms with E-state index < -0.39 is 0 Å². The molecule has 1 fully saturated rings. The maximum absolute atomic E-state index is 5.20. The summed E-state index contributed by atoms with van der Waals surface area (Å²) >= 11 is 0. The third-order valence-corrected chi connectivity index (χ3v) is 2.12. The van der Waals surface area contributed by atoms with Gasteiger partial charge in [0.2, 0.25) is 0 Å². The van der Waals surface area contributed by atoms with Crippen LogP contribution >= 0.6 is 0 Å². The minimum Gasteiger partial charge on any atom is -0.370 e. The molecule has 1 unspecified atom stereocenters. The van der Waals surface area contributed by atoms with Gasteiger partial charge in [-0.05, 0) is 24.8 Å². The van der Waals surface area contributed by atoms with Gasteiger partial charge in [0.05, 0.1) is 6.61 Å². The van der Waals surface area contributed by atoms with Gasteiger partial charge in [0, 0.05) is 5.92 Å². The summed E-state index contributed by atoms with van der Waals surface area (Å²) in [5.74, 6) is 0.749. The van der Waals surface area contributed by atoms with E-state index in [4.69, 9.17) is 4.74 Å². The molecule has 0 aromatic carbocycles. The number of fused-ring (bicyclic) bond motifs is 1. The number of hydrogen-bond acceptors (Lipinski definition) is 1. The molecule has 0 amide bonds. The van der Waals surface area contributed by atoms with Gasteiger partial charge in [0.15, 0.2) is 0 Å². The highest BCUT2D eigenvalue weighted by molar-refractivity contribution is 5.19. The lowest BCUT2D eigenvalue weighted by Gasteiger charge is -2.13. The molecule has 1 heterocycles. The van der Waals surface area contributed by atoms with Gasteiger partial charge in [-0.15, -0.1) is 0 Å². The van der Waals surface area contributed by atoms with E-state index in [2.05, 4.69) is 6.08 Å². The summed E-state index contributed by atoms with van der Waals surface area (Å²) in [6.45, 7) is 2.86. The lowest BCUT2D eigenvalue weighted by molar-refractivity contribution is 0.229. The minimum absolute atomic E-state index is 0.749. The second-order valence-corrected chi connectivity index (χ2v) is 2.78. The highest BCUT2D eigenvalue weighted by Crippen LogP contribution is 2.31. The molecule has 2 rings (SSSR count). The molecule has 1 heteroatoms. The molecule has 49 valence electrons. The molecule has 0 saturated carbocycles. The molecule has 0 spiro atoms. The Morgan fingerprint density at radius 2 is 2.56 bits per heavy atom. The normalized spacial score (nSPS) is 33.8. The molecule has 0 bridgehead atoms. The Morgan fingerprint density at radius 3 is 3.44 bits per heavy atom. The fourth-order valence-corrected chi connectivity index (χ4v) is 1.55. The summed E-state index contributed by atoms with van der Waals surface area (Å²) in [5, 5.41) is 0. The predicted octanol–water partition coefficient (Wildman–Crippen LogP) is 1.90. The Balaban J connectivity index is 2.16. The Kier molecular flexibility index (Phi) is 1.31. The summed E-state index contributed by atoms with van der Waals surface area (Å²) < 4.78 is 5.20. The van der Waals surface area contributed by atoms with Gasteiger partial charge in [-0.2, -0.15) is 0 Å². The van der Waals surface area contributed by atoms with Crippen molar-refractivity contribution in [1.82, 2.24) is 0 Å². The lowest BCUT2D eigenvalue weighted by atomic mass is 9.91. The first kappa shape index (κ1) is 5.48. The van der Waals surface area contributed by atoms with Crippen molar-refractivity contribution in [3.05, 3.63) is 18.3 Å². The molecule has 0 aromatic heterocycles. The minimum atomic E-state index is 0.749. The zero-order chi connectivity index (χ0) is 6.10. The van der Waals surface area contributed by atoms with Gasteiger partial charge >= 0.3 is 0 Å². The number of hydrogen-bond donors (Lipinski definition) is 0. The van der Waals surface area contributed by atoms with Crippen LogP contribution in [0.2, 0.25) is 0 Å². The van der Waals surface area contributed by atoms with E-state index in [1.165, 1.54) is 24.8 Å². The van der Waals surface area contributed by atoms with E-state index in [9.17, 15) is 0 Å². The van der Waals surface area contributed by atoms with E-state index in [1.54, 1.807) is 0 Å². The van der Waals surface area contributed by atoms with Crippen molar-refractivity contribution < 1.29 is 4.74 Å². The van der Waals surface area contributed by atoms with Gasteiger partial charge in [-0.3, -0.25) is 0 Å². The zero-order valence-electron chi connectivity index (χ0n) is 5.47. The Bertz CT molecular complexity index is 138. The summed E-state index contributed by atoms with van der Waals surface area (Å²) in [6, 6.07) is 0. The fourth-order valence-electron chi connectivity index (χ4n) is 1.55. The summed E-state index contributed by atoms with van der Waals surface area (Å²) in [6.07, 6.45) is 6.25. The summed E-state index contributed by atoms with van der Waals surface area (Å²) in [7, 11) is 0. The van der Waals surface area contributed by atoms with Crippen molar-refractivity contribution in [2.24, 2.45) is 5.92 Å². The first-order valence-corrected chi connectivity index (χ1v) is 3.62. The molecule has 1 radical (unpaired) electrons. The first-order chi connectivity index (χ1) is 4.47. The highest BCUT2D eigenvalue weighted by Gasteiger charge is 2.23. The molecule has 1 atom stereocenters. The van der Waals surface area contributed by atoms with E-state index >= 15 is 0 Å². The largest absolute Gasteiger partial charge is 0.370 e. The Hall–Kier alpha value is -0.300. The molecule has 9 heavy (non-hydrogen) atoms. The lowest BCUT2D eigenvalue weighted by Crippen LogP contribution is -2.04. The molecule has 0 N–H and O–H groups in total. The van der Waals surface area contributed by atoms with E-state index in [1.807, 2.05) is 6.61 Å². The van der Waals surface area contributed by atoms with Crippen molar-refractivity contribution in [3.63, 3.8) is 0 Å². The smallest absolute Gasteiger partial charge is 0.109 e. The molecule has 2 aliphatic rings. The van der Waals surface area contributed by atoms with Crippen LogP contribution in [0, 0.1) is 12.5 Å². The quantitative estimate of drug-likeness (QED) is 0.478. The Morgan fingerprint density at radius 1 is 1.56 bits per heavy atom. The third-order valence-electron chi connectivity index (χ3n) is 2.12. The van der Waals surface area contributed by atoms with E-state index in [0.29, 0.717) is 0 Å². The van der Waals surface area contributed by atoms with Crippen LogP contribution in [0.1, 0.15) is 19.3 Å². The maximum Gasteiger partial charge on any atom is 0.109 e. The molecule has 1 aliphatic heterocycles. The maximum atomic E-state index is 5.20. The van der Waals surface area contributed by atoms with Crippen molar-refractivity contribution in [3.8, 4) is 0 Å². The van der Waals surface area contributed by atoms with Gasteiger partial charge in [0.1, 0.15) is 6.61 Å². The van der Waals surface area contributed by atoms with Gasteiger partial charge in [-0.1, -0.05) is 6.08 Å². The van der Waals surface area contributed by atoms with Crippen LogP contribution in [0.3, 0.4) is 0 Å². The molecule has 0 aromatic rings. The van der Waals surface area contributed by atoms with Gasteiger partial charge < -0.3 is 4.74 Å². The SMILES string of the molecule is [CH]1OCC2CCCC=C12. The van der Waals surface area contributed by atoms with E-state index in [-0.39, 0.29) is 0 Å². The number of ether oxygens (including phenoxy) is 1. The van der Waals surface area contributed by atoms with Crippen LogP contribution in [0.25, 0.3) is 0 Å². The predicted molar refractivity (Wildman–Crippen MR) is 35.7 cm³/mol. The van der Waals surface area contributed by atoms with Crippen LogP contribution in [0.4, 0.5) is 0 Å². The Labute approximate surface area is 55.7 Å². The third kappa shape index (κ3) is 0.897. The average molecular weight is 123 g/mol. The van der Waals surface area contributed by atoms with Crippen molar-refractivity contribution in [2.45, 2.75) is 19.3 Å². The van der Waals surface area contributed by atoms with Crippen LogP contribution in [0.15, 0.2) is 11.6 Å². The second kappa shape index (κ2) is 2.14. The summed E-state index contributed by atoms with van der Waals surface area (Å²) in [4.78, 5) is 0. The van der Waals surface area contributed by atoms with Gasteiger partial charge in [-0.25, -0.2) is 0 Å². The highest BCUT2D eigenvalue weighted by atomic mass is 16.5. The second-order valence-electron chi connectivity index (χ2n) is 2.78. The average Bonchev–Trinajstić information content (AvgIpc) is 2.33. The molecule has 1 nitrogen and oxygen atoms in total. The fraction of sp³-hybridized carbons (Fsp3) is 0.625. The molecular formula is C8H11O. The molecule has 1 saturated heterocycles. The van der Waals surface area contributed by atoms with Crippen LogP contribution in [-0.4, -0.2) is 6.61 Å². The van der Waals surface area contributed by atoms with Crippen molar-refractivity contribution in [1.29, 1.82) is 0 Å². The monoisotopic (exact) mass is 123 g/mol. The van der Waals surface area contributed by atoms with Crippen LogP contribution in [0.5, 0.6) is 0 Å². The topological polar surface area (TPSA) is 9.23 Å². The van der Waals surface area contributed by atoms with Crippen molar-refractivity contribution >= 4 is 0 Å². The van der Waals surface area contributed by atoms with Crippen molar-refractivity contribution in [2.75, 3.05) is 6.61 Å². The number of rotatable bonds is 0. The van der Waals surface area contributed by atoms with Gasteiger partial charge in [0.25, 0.3) is 0 Å². The standard InChI is InChI=1S/C8H11O/c1-2-4-8-6-9-5-7(8)3-1/h3,5,8H,1-2,4,6H2. The summed E-state index contributed by atoms with van der Waals surface area (Å²) in [5.41, 5.74) is 1.45. The van der Waals surface area contributed by atoms with E-state index in [0.717, 1.165) is 12.5 Å². The number of allylic oxidation sites excluding steroid dienone is 1. The zero-order valence-corrected chi connectivity index (χ0v) is 5.47. The molecular weight excluding hydrogens is 112 g/mol. The first-order valence-electron chi connectivity index (χ1n) is 3.62. The van der Waals surface area contributed by atoms with Crippen LogP contribution < -0.4 is 0 Å². The van der Waals surface area contributed by atoms with Crippen LogP contribution in [-0.2, 0) is 4.74 Å². The molecule has 1 aliphatic carbocycles.